The Morgan fingerprint density at radius 1 is 1.24 bits per heavy atom. The van der Waals surface area contributed by atoms with Crippen molar-refractivity contribution in [3.63, 3.8) is 0 Å². The average molecular weight is 615 g/mol. The molecule has 21 heteroatoms. The van der Waals surface area contributed by atoms with Gasteiger partial charge in [-0.3, -0.25) is 18.9 Å². The largest absolute Gasteiger partial charge is 0.394 e. The lowest BCUT2D eigenvalue weighted by Gasteiger charge is -2.26. The zero-order valence-corrected chi connectivity index (χ0v) is 22.5. The third-order valence-electron chi connectivity index (χ3n) is 6.75. The summed E-state index contributed by atoms with van der Waals surface area (Å²) in [5.74, 6) is -0.101. The van der Waals surface area contributed by atoms with Crippen LogP contribution in [0.1, 0.15) is 24.3 Å². The van der Waals surface area contributed by atoms with Crippen LogP contribution in [0.2, 0.25) is 0 Å². The molecule has 0 bridgehead atoms. The van der Waals surface area contributed by atoms with Crippen LogP contribution in [-0.2, 0) is 30.3 Å². The van der Waals surface area contributed by atoms with E-state index in [-0.39, 0.29) is 29.5 Å². The molecule has 0 radical (unpaired) electrons. The minimum Gasteiger partial charge on any atom is -0.394 e. The maximum absolute atomic E-state index is 15.3. The van der Waals surface area contributed by atoms with Crippen LogP contribution in [0.3, 0.4) is 0 Å². The van der Waals surface area contributed by atoms with Crippen molar-refractivity contribution in [1.29, 1.82) is 0 Å². The quantitative estimate of drug-likeness (QED) is 0.123. The number of aliphatic hydroxyl groups is 2. The maximum atomic E-state index is 15.3. The first-order valence-electron chi connectivity index (χ1n) is 12.1. The summed E-state index contributed by atoms with van der Waals surface area (Å²) in [5.41, 5.74) is 11.6. The fourth-order valence-electron chi connectivity index (χ4n) is 4.81. The van der Waals surface area contributed by atoms with Crippen LogP contribution in [0, 0.1) is 0 Å². The highest BCUT2D eigenvalue weighted by Crippen LogP contribution is 2.51. The predicted octanol–water partition coefficient (Wildman–Crippen LogP) is -1.54. The Morgan fingerprint density at radius 3 is 2.83 bits per heavy atom. The molecule has 4 aromatic rings. The van der Waals surface area contributed by atoms with Crippen LogP contribution in [-0.4, -0.2) is 98.0 Å². The topological polar surface area (TPSA) is 256 Å². The molecule has 0 spiro atoms. The highest BCUT2D eigenvalue weighted by atomic mass is 32.5. The molecular weight excluding hydrogens is 590 g/mol. The molecule has 6 heterocycles. The molecule has 2 fully saturated rings. The molecule has 0 aromatic carbocycles. The zero-order chi connectivity index (χ0) is 29.1. The van der Waals surface area contributed by atoms with Gasteiger partial charge in [-0.15, -0.1) is 0 Å². The Labute approximate surface area is 233 Å². The van der Waals surface area contributed by atoms with Gasteiger partial charge in [0, 0.05) is 12.0 Å². The number of nitrogens with one attached hydrogen (secondary N) is 1. The van der Waals surface area contributed by atoms with Gasteiger partial charge in [-0.05, 0) is 11.8 Å². The molecule has 0 amide bonds. The Hall–Kier alpha value is -3.20. The van der Waals surface area contributed by atoms with Crippen molar-refractivity contribution in [2.45, 2.75) is 49.3 Å². The number of nitrogens with zero attached hydrogens (tertiary/aromatic N) is 7. The van der Waals surface area contributed by atoms with E-state index in [1.54, 1.807) is 0 Å². The Kier molecular flexibility index (Phi) is 7.20. The number of halogens is 1. The molecule has 0 aliphatic carbocycles. The number of ether oxygens (including phenoxy) is 2. The van der Waals surface area contributed by atoms with E-state index in [1.165, 1.54) is 21.6 Å². The van der Waals surface area contributed by atoms with E-state index in [0.717, 1.165) is 6.33 Å². The minimum absolute atomic E-state index is 0.0453. The van der Waals surface area contributed by atoms with Gasteiger partial charge in [0.2, 0.25) is 11.9 Å². The van der Waals surface area contributed by atoms with Crippen LogP contribution in [0.4, 0.5) is 16.3 Å². The normalized spacial score (nSPS) is 29.9. The SMILES string of the molecule is Nc1nc2c(ncn2[C@@H]2O[C@H](CO)[C@@H](F)[C@H]2OP(O)(=S)OC[C@H]2O[C@@H](c3cnn4c(N)ncnc34)C[C@@H]2O)c(=O)[nH]1. The minimum atomic E-state index is -4.20. The van der Waals surface area contributed by atoms with E-state index < -0.39 is 68.4 Å². The Bertz CT molecular complexity index is 1700. The van der Waals surface area contributed by atoms with Gasteiger partial charge in [0.05, 0.1) is 37.9 Å². The first kappa shape index (κ1) is 27.9. The van der Waals surface area contributed by atoms with Crippen molar-refractivity contribution in [2.75, 3.05) is 24.7 Å². The molecule has 220 valence electrons. The molecule has 41 heavy (non-hydrogen) atoms. The number of rotatable bonds is 8. The van der Waals surface area contributed by atoms with Crippen LogP contribution < -0.4 is 17.0 Å². The summed E-state index contributed by atoms with van der Waals surface area (Å²) in [6, 6.07) is 0. The number of anilines is 2. The summed E-state index contributed by atoms with van der Waals surface area (Å²) in [5, 5.41) is 24.3. The summed E-state index contributed by atoms with van der Waals surface area (Å²) in [6.07, 6.45) is -4.80. The summed E-state index contributed by atoms with van der Waals surface area (Å²) >= 11 is 5.13. The van der Waals surface area contributed by atoms with Crippen LogP contribution >= 0.6 is 6.72 Å². The van der Waals surface area contributed by atoms with Gasteiger partial charge < -0.3 is 40.6 Å². The molecule has 8 N–H and O–H groups in total. The van der Waals surface area contributed by atoms with E-state index in [9.17, 15) is 19.9 Å². The van der Waals surface area contributed by atoms with Gasteiger partial charge in [0.25, 0.3) is 5.56 Å². The number of aliphatic hydroxyl groups excluding tert-OH is 2. The van der Waals surface area contributed by atoms with Gasteiger partial charge >= 0.3 is 6.72 Å². The van der Waals surface area contributed by atoms with Crippen molar-refractivity contribution in [2.24, 2.45) is 0 Å². The van der Waals surface area contributed by atoms with Crippen LogP contribution in [0.5, 0.6) is 0 Å². The van der Waals surface area contributed by atoms with Crippen molar-refractivity contribution >= 4 is 47.2 Å². The highest BCUT2D eigenvalue weighted by Gasteiger charge is 2.50. The fraction of sp³-hybridized carbons (Fsp3) is 0.500. The van der Waals surface area contributed by atoms with Crippen molar-refractivity contribution in [3.05, 3.63) is 34.8 Å². The van der Waals surface area contributed by atoms with Gasteiger partial charge in [0.15, 0.2) is 29.2 Å². The molecule has 2 aliphatic rings. The number of H-pyrrole nitrogens is 1. The number of nitrogen functional groups attached to an aromatic ring is 2. The lowest BCUT2D eigenvalue weighted by atomic mass is 10.1. The van der Waals surface area contributed by atoms with E-state index in [2.05, 4.69) is 30.0 Å². The Balaban J connectivity index is 1.17. The molecule has 0 saturated carbocycles. The third-order valence-corrected chi connectivity index (χ3v) is 8.31. The molecular formula is C20H24FN10O8PS. The summed E-state index contributed by atoms with van der Waals surface area (Å²) < 4.78 is 40.3. The van der Waals surface area contributed by atoms with Gasteiger partial charge in [-0.1, -0.05) is 0 Å². The third kappa shape index (κ3) is 5.07. The number of aromatic nitrogens is 8. The second-order valence-corrected chi connectivity index (χ2v) is 12.1. The van der Waals surface area contributed by atoms with Crippen molar-refractivity contribution in [3.8, 4) is 0 Å². The van der Waals surface area contributed by atoms with Gasteiger partial charge in [0.1, 0.15) is 24.6 Å². The van der Waals surface area contributed by atoms with E-state index >= 15 is 4.39 Å². The molecule has 2 saturated heterocycles. The molecule has 1 unspecified atom stereocenters. The average Bonchev–Trinajstić information content (AvgIpc) is 3.69. The van der Waals surface area contributed by atoms with Crippen molar-refractivity contribution < 1.29 is 38.0 Å². The zero-order valence-electron chi connectivity index (χ0n) is 20.8. The number of hydrogen-bond acceptors (Lipinski definition) is 15. The molecule has 18 nitrogen and oxygen atoms in total. The summed E-state index contributed by atoms with van der Waals surface area (Å²) in [6.45, 7) is -5.32. The molecule has 2 aliphatic heterocycles. The number of hydrogen-bond donors (Lipinski definition) is 6. The first-order chi connectivity index (χ1) is 19.6. The molecule has 8 atom stereocenters. The molecule has 4 aromatic heterocycles. The smallest absolute Gasteiger partial charge is 0.325 e. The lowest BCUT2D eigenvalue weighted by Crippen LogP contribution is -2.32. The van der Waals surface area contributed by atoms with E-state index in [1.807, 2.05) is 0 Å². The summed E-state index contributed by atoms with van der Waals surface area (Å²) in [7, 11) is 0. The second kappa shape index (κ2) is 10.6. The number of alkyl halides is 1. The first-order valence-corrected chi connectivity index (χ1v) is 14.7. The van der Waals surface area contributed by atoms with Crippen LogP contribution in [0.15, 0.2) is 23.6 Å². The second-order valence-electron chi connectivity index (χ2n) is 9.34. The lowest BCUT2D eigenvalue weighted by molar-refractivity contribution is -0.0507. The Morgan fingerprint density at radius 2 is 2.05 bits per heavy atom. The molecule has 6 rings (SSSR count). The fourth-order valence-corrected chi connectivity index (χ4v) is 6.22. The number of aromatic amines is 1. The van der Waals surface area contributed by atoms with Crippen molar-refractivity contribution in [1.82, 2.24) is 39.1 Å². The highest BCUT2D eigenvalue weighted by molar-refractivity contribution is 8.07. The summed E-state index contributed by atoms with van der Waals surface area (Å²) in [4.78, 5) is 41.3. The standard InChI is InChI=1S/C20H24FN10O8PS/c21-12-10(3-32)38-18(30-6-26-13-16(30)28-19(22)29-17(13)34)14(12)39-40(35,41)36-4-11-8(33)1-9(37-11)7-2-27-31-15(7)24-5-25-20(31)23/h2,5-6,8-12,14,18,32-33H,1,3-4H2,(H,35,41)(H2,23,24,25)(H3,22,28,29,34)/t8-,9+,10+,11+,12+,14+,18+,40?/m0/s1. The number of nitrogens with two attached hydrogens (primary N) is 2. The van der Waals surface area contributed by atoms with Gasteiger partial charge in [-0.25, -0.2) is 19.3 Å². The van der Waals surface area contributed by atoms with E-state index in [0.29, 0.717) is 11.2 Å². The predicted molar refractivity (Wildman–Crippen MR) is 139 cm³/mol. The monoisotopic (exact) mass is 614 g/mol. The van der Waals surface area contributed by atoms with E-state index in [4.69, 9.17) is 41.8 Å². The van der Waals surface area contributed by atoms with Gasteiger partial charge in [-0.2, -0.15) is 14.6 Å². The number of fused-ring (bicyclic) bond motifs is 2. The maximum Gasteiger partial charge on any atom is 0.325 e. The van der Waals surface area contributed by atoms with Crippen LogP contribution in [0.25, 0.3) is 16.8 Å². The number of imidazole rings is 1.